The molecular formula is C28H27N5O4S2. The van der Waals surface area contributed by atoms with Crippen molar-refractivity contribution >= 4 is 44.7 Å². The molecule has 0 saturated carbocycles. The lowest BCUT2D eigenvalue weighted by Gasteiger charge is -2.28. The van der Waals surface area contributed by atoms with Gasteiger partial charge in [0, 0.05) is 34.6 Å². The molecule has 3 heterocycles. The second-order valence-corrected chi connectivity index (χ2v) is 11.6. The monoisotopic (exact) mass is 561 g/mol. The van der Waals surface area contributed by atoms with Gasteiger partial charge in [-0.15, -0.1) is 0 Å². The molecule has 200 valence electrons. The molecule has 0 spiro atoms. The Morgan fingerprint density at radius 3 is 2.28 bits per heavy atom. The Kier molecular flexibility index (Phi) is 6.87. The molecule has 2 atom stereocenters. The average molecular weight is 562 g/mol. The number of thiocarbonyl (C=S) groups is 1. The van der Waals surface area contributed by atoms with Crippen molar-refractivity contribution in [2.45, 2.75) is 25.9 Å². The Hall–Kier alpha value is -4.22. The van der Waals surface area contributed by atoms with E-state index in [0.29, 0.717) is 10.8 Å². The molecule has 1 saturated heterocycles. The number of carboxylic acid groups (broad SMARTS) is 1. The van der Waals surface area contributed by atoms with Crippen LogP contribution in [0.2, 0.25) is 0 Å². The third kappa shape index (κ3) is 5.23. The van der Waals surface area contributed by atoms with E-state index in [0.717, 1.165) is 40.3 Å². The van der Waals surface area contributed by atoms with Crippen LogP contribution in [-0.4, -0.2) is 40.4 Å². The first kappa shape index (κ1) is 26.4. The van der Waals surface area contributed by atoms with Crippen LogP contribution >= 0.6 is 12.2 Å². The molecule has 0 bridgehead atoms. The summed E-state index contributed by atoms with van der Waals surface area (Å²) in [5.41, 5.74) is 6.15. The predicted octanol–water partition coefficient (Wildman–Crippen LogP) is 4.74. The SMILES string of the molecule is Cc1cc(C2C(c3ccccn3)NC(=S)N2c2ccc(NS(C)(=O)=O)cc2)c(C)n1-c1ccc(C(=O)O)cc1. The number of sulfonamides is 1. The highest BCUT2D eigenvalue weighted by atomic mass is 32.2. The second-order valence-electron chi connectivity index (χ2n) is 9.43. The molecule has 2 unspecified atom stereocenters. The van der Waals surface area contributed by atoms with Crippen molar-refractivity contribution in [3.8, 4) is 5.69 Å². The Morgan fingerprint density at radius 2 is 1.69 bits per heavy atom. The summed E-state index contributed by atoms with van der Waals surface area (Å²) in [7, 11) is -3.41. The standard InChI is InChI=1S/C28H27N5O4S2/c1-17-16-23(18(2)32(17)21-11-7-19(8-12-21)27(34)35)26-25(24-6-4-5-15-29-24)30-28(38)33(26)22-13-9-20(10-14-22)31-39(3,36)37/h4-16,25-26,31H,1-3H3,(H,30,38)(H,34,35). The fourth-order valence-corrected chi connectivity index (χ4v) is 6.00. The normalized spacial score (nSPS) is 17.2. The molecule has 11 heteroatoms. The Bertz CT molecular complexity index is 1650. The van der Waals surface area contributed by atoms with E-state index in [9.17, 15) is 18.3 Å². The minimum atomic E-state index is -3.41. The summed E-state index contributed by atoms with van der Waals surface area (Å²) >= 11 is 5.83. The summed E-state index contributed by atoms with van der Waals surface area (Å²) in [4.78, 5) is 18.0. The smallest absolute Gasteiger partial charge is 0.335 e. The summed E-state index contributed by atoms with van der Waals surface area (Å²) in [6, 6.07) is 21.2. The van der Waals surface area contributed by atoms with Gasteiger partial charge in [0.1, 0.15) is 0 Å². The molecule has 4 aromatic rings. The first-order valence-electron chi connectivity index (χ1n) is 12.1. The van der Waals surface area contributed by atoms with Crippen LogP contribution in [0.1, 0.15) is 45.1 Å². The van der Waals surface area contributed by atoms with Crippen molar-refractivity contribution in [3.63, 3.8) is 0 Å². The number of hydrogen-bond acceptors (Lipinski definition) is 5. The van der Waals surface area contributed by atoms with E-state index in [1.165, 1.54) is 0 Å². The fraction of sp³-hybridized carbons (Fsp3) is 0.179. The van der Waals surface area contributed by atoms with E-state index in [1.54, 1.807) is 42.6 Å². The van der Waals surface area contributed by atoms with Crippen molar-refractivity contribution in [1.29, 1.82) is 0 Å². The van der Waals surface area contributed by atoms with Crippen LogP contribution in [0.5, 0.6) is 0 Å². The maximum absolute atomic E-state index is 11.7. The fourth-order valence-electron chi connectivity index (χ4n) is 5.09. The summed E-state index contributed by atoms with van der Waals surface area (Å²) in [6.07, 6.45) is 2.86. The number of nitrogens with one attached hydrogen (secondary N) is 2. The quantitative estimate of drug-likeness (QED) is 0.277. The molecule has 1 aliphatic heterocycles. The number of carbonyl (C=O) groups is 1. The molecule has 39 heavy (non-hydrogen) atoms. The lowest BCUT2D eigenvalue weighted by molar-refractivity contribution is 0.0697. The molecule has 5 rings (SSSR count). The maximum Gasteiger partial charge on any atom is 0.335 e. The number of benzene rings is 2. The lowest BCUT2D eigenvalue weighted by Crippen LogP contribution is -2.29. The number of aromatic nitrogens is 2. The summed E-state index contributed by atoms with van der Waals surface area (Å²) in [5, 5.41) is 13.3. The molecule has 3 N–H and O–H groups in total. The van der Waals surface area contributed by atoms with Crippen molar-refractivity contribution in [2.24, 2.45) is 0 Å². The Morgan fingerprint density at radius 1 is 1.03 bits per heavy atom. The average Bonchev–Trinajstić information content (AvgIpc) is 3.39. The number of carboxylic acids is 1. The van der Waals surface area contributed by atoms with E-state index >= 15 is 0 Å². The van der Waals surface area contributed by atoms with Crippen LogP contribution in [0.25, 0.3) is 5.69 Å². The van der Waals surface area contributed by atoms with Crippen LogP contribution in [0.4, 0.5) is 11.4 Å². The second kappa shape index (κ2) is 10.2. The Labute approximate surface area is 232 Å². The molecule has 2 aromatic heterocycles. The van der Waals surface area contributed by atoms with Gasteiger partial charge in [0.15, 0.2) is 5.11 Å². The highest BCUT2D eigenvalue weighted by Crippen LogP contribution is 2.44. The maximum atomic E-state index is 11.7. The molecular weight excluding hydrogens is 534 g/mol. The number of pyridine rings is 1. The van der Waals surface area contributed by atoms with E-state index in [4.69, 9.17) is 12.2 Å². The topological polar surface area (TPSA) is 117 Å². The van der Waals surface area contributed by atoms with Gasteiger partial charge in [-0.05, 0) is 98.4 Å². The number of rotatable bonds is 7. The van der Waals surface area contributed by atoms with Crippen LogP contribution in [-0.2, 0) is 10.0 Å². The first-order valence-corrected chi connectivity index (χ1v) is 14.4. The van der Waals surface area contributed by atoms with Gasteiger partial charge in [-0.2, -0.15) is 0 Å². The van der Waals surface area contributed by atoms with E-state index in [-0.39, 0.29) is 17.6 Å². The van der Waals surface area contributed by atoms with Gasteiger partial charge in [-0.25, -0.2) is 13.2 Å². The van der Waals surface area contributed by atoms with Gasteiger partial charge in [0.2, 0.25) is 10.0 Å². The van der Waals surface area contributed by atoms with Gasteiger partial charge in [-0.1, -0.05) is 6.07 Å². The molecule has 0 amide bonds. The van der Waals surface area contributed by atoms with Crippen LogP contribution in [0.15, 0.2) is 79.0 Å². The largest absolute Gasteiger partial charge is 0.478 e. The summed E-state index contributed by atoms with van der Waals surface area (Å²) in [5.74, 6) is -0.972. The molecule has 1 fully saturated rings. The molecule has 9 nitrogen and oxygen atoms in total. The molecule has 1 aliphatic rings. The summed E-state index contributed by atoms with van der Waals surface area (Å²) in [6.45, 7) is 4.04. The zero-order valence-corrected chi connectivity index (χ0v) is 23.1. The van der Waals surface area contributed by atoms with Gasteiger partial charge in [-0.3, -0.25) is 9.71 Å². The number of aromatic carboxylic acids is 1. The van der Waals surface area contributed by atoms with Crippen molar-refractivity contribution in [1.82, 2.24) is 14.9 Å². The molecule has 0 aliphatic carbocycles. The molecule has 0 radical (unpaired) electrons. The highest BCUT2D eigenvalue weighted by Gasteiger charge is 2.42. The minimum absolute atomic E-state index is 0.224. The zero-order valence-electron chi connectivity index (χ0n) is 21.5. The number of aryl methyl sites for hydroxylation is 1. The van der Waals surface area contributed by atoms with Crippen molar-refractivity contribution in [3.05, 3.63) is 107 Å². The highest BCUT2D eigenvalue weighted by molar-refractivity contribution is 7.92. The number of anilines is 2. The predicted molar refractivity (Wildman–Crippen MR) is 155 cm³/mol. The first-order chi connectivity index (χ1) is 18.5. The zero-order chi connectivity index (χ0) is 27.9. The van der Waals surface area contributed by atoms with E-state index in [2.05, 4.69) is 25.7 Å². The van der Waals surface area contributed by atoms with Crippen molar-refractivity contribution < 1.29 is 18.3 Å². The lowest BCUT2D eigenvalue weighted by atomic mass is 9.96. The van der Waals surface area contributed by atoms with Crippen LogP contribution in [0, 0.1) is 13.8 Å². The van der Waals surface area contributed by atoms with Crippen LogP contribution < -0.4 is 14.9 Å². The van der Waals surface area contributed by atoms with E-state index in [1.807, 2.05) is 49.1 Å². The van der Waals surface area contributed by atoms with E-state index < -0.39 is 16.0 Å². The van der Waals surface area contributed by atoms with Gasteiger partial charge >= 0.3 is 5.97 Å². The third-order valence-electron chi connectivity index (χ3n) is 6.71. The number of nitrogens with zero attached hydrogens (tertiary/aromatic N) is 3. The Balaban J connectivity index is 1.61. The van der Waals surface area contributed by atoms with Crippen LogP contribution in [0.3, 0.4) is 0 Å². The minimum Gasteiger partial charge on any atom is -0.478 e. The van der Waals surface area contributed by atoms with Crippen molar-refractivity contribution in [2.75, 3.05) is 15.9 Å². The number of hydrogen-bond donors (Lipinski definition) is 3. The van der Waals surface area contributed by atoms with Gasteiger partial charge in [0.05, 0.1) is 29.6 Å². The molecule has 2 aromatic carbocycles. The van der Waals surface area contributed by atoms with Gasteiger partial charge < -0.3 is 19.9 Å². The van der Waals surface area contributed by atoms with Gasteiger partial charge in [0.25, 0.3) is 0 Å². The third-order valence-corrected chi connectivity index (χ3v) is 7.63. The summed E-state index contributed by atoms with van der Waals surface area (Å²) < 4.78 is 27.9.